The summed E-state index contributed by atoms with van der Waals surface area (Å²) in [5, 5.41) is 5.69. The molecule has 0 radical (unpaired) electrons. The Balaban J connectivity index is 1.92. The van der Waals surface area contributed by atoms with Gasteiger partial charge in [0.1, 0.15) is 5.75 Å². The summed E-state index contributed by atoms with van der Waals surface area (Å²) in [6.07, 6.45) is 0. The first-order valence-corrected chi connectivity index (χ1v) is 6.66. The first-order valence-electron chi connectivity index (χ1n) is 6.66. The normalized spacial score (nSPS) is 9.86. The van der Waals surface area contributed by atoms with E-state index in [4.69, 9.17) is 10.5 Å². The maximum atomic E-state index is 11.9. The predicted octanol–water partition coefficient (Wildman–Crippen LogP) is 1.84. The lowest BCUT2D eigenvalue weighted by Crippen LogP contribution is -2.22. The lowest BCUT2D eigenvalue weighted by Gasteiger charge is -2.09. The smallest absolute Gasteiger partial charge is 0.248 e. The second kappa shape index (κ2) is 7.12. The quantitative estimate of drug-likeness (QED) is 0.758. The number of hydrogen-bond acceptors (Lipinski definition) is 4. The van der Waals surface area contributed by atoms with Crippen LogP contribution in [0, 0.1) is 0 Å². The zero-order valence-electron chi connectivity index (χ0n) is 12.1. The van der Waals surface area contributed by atoms with Crippen molar-refractivity contribution in [2.45, 2.75) is 0 Å². The van der Waals surface area contributed by atoms with Gasteiger partial charge in [0.15, 0.2) is 0 Å². The molecule has 0 aliphatic carbocycles. The molecular formula is C16H17N3O3. The molecule has 0 aromatic heterocycles. The lowest BCUT2D eigenvalue weighted by molar-refractivity contribution is -0.114. The molecule has 0 aliphatic heterocycles. The molecule has 2 aromatic carbocycles. The fraction of sp³-hybridized carbons (Fsp3) is 0.125. The molecule has 0 saturated carbocycles. The first-order chi connectivity index (χ1) is 10.6. The highest BCUT2D eigenvalue weighted by Gasteiger charge is 2.05. The minimum absolute atomic E-state index is 0.0689. The summed E-state index contributed by atoms with van der Waals surface area (Å²) in [7, 11) is 1.56. The van der Waals surface area contributed by atoms with Crippen LogP contribution in [0.5, 0.6) is 5.75 Å². The predicted molar refractivity (Wildman–Crippen MR) is 85.1 cm³/mol. The van der Waals surface area contributed by atoms with Crippen molar-refractivity contribution in [1.82, 2.24) is 0 Å². The Hall–Kier alpha value is -3.02. The highest BCUT2D eigenvalue weighted by atomic mass is 16.5. The highest BCUT2D eigenvalue weighted by Crippen LogP contribution is 2.16. The van der Waals surface area contributed by atoms with Gasteiger partial charge in [-0.3, -0.25) is 9.59 Å². The molecule has 0 aliphatic rings. The molecule has 0 bridgehead atoms. The molecule has 2 aromatic rings. The van der Waals surface area contributed by atoms with E-state index >= 15 is 0 Å². The monoisotopic (exact) mass is 299 g/mol. The van der Waals surface area contributed by atoms with Crippen LogP contribution in [-0.2, 0) is 4.79 Å². The van der Waals surface area contributed by atoms with Crippen LogP contribution in [0.2, 0.25) is 0 Å². The van der Waals surface area contributed by atoms with Gasteiger partial charge in [-0.15, -0.1) is 0 Å². The summed E-state index contributed by atoms with van der Waals surface area (Å²) in [6, 6.07) is 13.7. The number of carbonyl (C=O) groups excluding carboxylic acids is 2. The Morgan fingerprint density at radius 1 is 1.09 bits per heavy atom. The number of anilines is 2. The van der Waals surface area contributed by atoms with Crippen LogP contribution in [0.15, 0.2) is 48.5 Å². The zero-order valence-corrected chi connectivity index (χ0v) is 12.1. The van der Waals surface area contributed by atoms with E-state index in [0.717, 1.165) is 0 Å². The third-order valence-corrected chi connectivity index (χ3v) is 2.95. The van der Waals surface area contributed by atoms with Crippen LogP contribution < -0.4 is 21.1 Å². The lowest BCUT2D eigenvalue weighted by atomic mass is 10.2. The van der Waals surface area contributed by atoms with Crippen LogP contribution in [0.1, 0.15) is 10.4 Å². The van der Waals surface area contributed by atoms with Gasteiger partial charge >= 0.3 is 0 Å². The number of carbonyl (C=O) groups is 2. The summed E-state index contributed by atoms with van der Waals surface area (Å²) in [5.74, 6) is -0.0536. The number of methoxy groups -OCH3 is 1. The molecule has 0 spiro atoms. The van der Waals surface area contributed by atoms with E-state index < -0.39 is 5.91 Å². The number of ether oxygens (including phenoxy) is 1. The van der Waals surface area contributed by atoms with Crippen molar-refractivity contribution in [3.05, 3.63) is 54.1 Å². The average Bonchev–Trinajstić information content (AvgIpc) is 2.53. The second-order valence-corrected chi connectivity index (χ2v) is 4.58. The maximum Gasteiger partial charge on any atom is 0.248 e. The Morgan fingerprint density at radius 3 is 2.55 bits per heavy atom. The average molecular weight is 299 g/mol. The Labute approximate surface area is 128 Å². The SMILES string of the molecule is COc1cccc(NC(=O)CNc2cccc(C(N)=O)c2)c1. The number of rotatable bonds is 6. The molecule has 6 nitrogen and oxygen atoms in total. The molecule has 2 amide bonds. The van der Waals surface area contributed by atoms with Crippen molar-refractivity contribution in [3.63, 3.8) is 0 Å². The molecule has 4 N–H and O–H groups in total. The minimum Gasteiger partial charge on any atom is -0.497 e. The van der Waals surface area contributed by atoms with Gasteiger partial charge in [-0.1, -0.05) is 12.1 Å². The number of nitrogens with one attached hydrogen (secondary N) is 2. The van der Waals surface area contributed by atoms with Crippen molar-refractivity contribution < 1.29 is 14.3 Å². The van der Waals surface area contributed by atoms with Crippen LogP contribution in [0.4, 0.5) is 11.4 Å². The minimum atomic E-state index is -0.510. The molecular weight excluding hydrogens is 282 g/mol. The van der Waals surface area contributed by atoms with Crippen molar-refractivity contribution in [2.24, 2.45) is 5.73 Å². The summed E-state index contributed by atoms with van der Waals surface area (Å²) in [6.45, 7) is 0.0689. The van der Waals surface area contributed by atoms with Gasteiger partial charge in [-0.05, 0) is 30.3 Å². The van der Waals surface area contributed by atoms with Gasteiger partial charge in [-0.2, -0.15) is 0 Å². The number of hydrogen-bond donors (Lipinski definition) is 3. The largest absolute Gasteiger partial charge is 0.497 e. The van der Waals surface area contributed by atoms with E-state index in [1.807, 2.05) is 0 Å². The molecule has 6 heteroatoms. The van der Waals surface area contributed by atoms with Crippen molar-refractivity contribution in [2.75, 3.05) is 24.3 Å². The molecule has 114 valence electrons. The fourth-order valence-corrected chi connectivity index (χ4v) is 1.87. The number of amides is 2. The van der Waals surface area contributed by atoms with Crippen molar-refractivity contribution >= 4 is 23.2 Å². The molecule has 2 rings (SSSR count). The Bertz CT molecular complexity index is 686. The van der Waals surface area contributed by atoms with Crippen LogP contribution in [-0.4, -0.2) is 25.5 Å². The highest BCUT2D eigenvalue weighted by molar-refractivity contribution is 5.95. The van der Waals surface area contributed by atoms with Gasteiger partial charge < -0.3 is 21.1 Å². The molecule has 0 heterocycles. The van der Waals surface area contributed by atoms with Crippen LogP contribution in [0.3, 0.4) is 0 Å². The second-order valence-electron chi connectivity index (χ2n) is 4.58. The number of benzene rings is 2. The maximum absolute atomic E-state index is 11.9. The van der Waals surface area contributed by atoms with Gasteiger partial charge in [0.2, 0.25) is 11.8 Å². The third-order valence-electron chi connectivity index (χ3n) is 2.95. The Morgan fingerprint density at radius 2 is 1.82 bits per heavy atom. The summed E-state index contributed by atoms with van der Waals surface area (Å²) in [4.78, 5) is 23.0. The molecule has 0 unspecified atom stereocenters. The fourth-order valence-electron chi connectivity index (χ4n) is 1.87. The van der Waals surface area contributed by atoms with E-state index in [1.54, 1.807) is 55.6 Å². The Kier molecular flexibility index (Phi) is 4.98. The van der Waals surface area contributed by atoms with E-state index in [1.165, 1.54) is 0 Å². The summed E-state index contributed by atoms with van der Waals surface area (Å²) < 4.78 is 5.09. The number of primary amides is 1. The van der Waals surface area contributed by atoms with Gasteiger partial charge in [0, 0.05) is 23.0 Å². The first kappa shape index (κ1) is 15.4. The molecule has 0 atom stereocenters. The zero-order chi connectivity index (χ0) is 15.9. The third kappa shape index (κ3) is 4.24. The van der Waals surface area contributed by atoms with Gasteiger partial charge in [-0.25, -0.2) is 0 Å². The van der Waals surface area contributed by atoms with Crippen molar-refractivity contribution in [1.29, 1.82) is 0 Å². The molecule has 22 heavy (non-hydrogen) atoms. The molecule has 0 saturated heterocycles. The topological polar surface area (TPSA) is 93.4 Å². The van der Waals surface area contributed by atoms with Crippen LogP contribution in [0.25, 0.3) is 0 Å². The molecule has 0 fully saturated rings. The van der Waals surface area contributed by atoms with E-state index in [9.17, 15) is 9.59 Å². The van der Waals surface area contributed by atoms with Crippen LogP contribution >= 0.6 is 0 Å². The van der Waals surface area contributed by atoms with E-state index in [0.29, 0.717) is 22.7 Å². The van der Waals surface area contributed by atoms with E-state index in [2.05, 4.69) is 10.6 Å². The van der Waals surface area contributed by atoms with Gasteiger partial charge in [0.25, 0.3) is 0 Å². The summed E-state index contributed by atoms with van der Waals surface area (Å²) >= 11 is 0. The summed E-state index contributed by atoms with van der Waals surface area (Å²) in [5.41, 5.74) is 6.90. The number of nitrogens with two attached hydrogens (primary N) is 1. The van der Waals surface area contributed by atoms with Crippen molar-refractivity contribution in [3.8, 4) is 5.75 Å². The van der Waals surface area contributed by atoms with E-state index in [-0.39, 0.29) is 12.5 Å². The standard InChI is InChI=1S/C16H17N3O3/c1-22-14-7-3-6-13(9-14)19-15(20)10-18-12-5-2-4-11(8-12)16(17)21/h2-9,18H,10H2,1H3,(H2,17,21)(H,19,20). The van der Waals surface area contributed by atoms with Gasteiger partial charge in [0.05, 0.1) is 13.7 Å².